The van der Waals surface area contributed by atoms with Crippen molar-refractivity contribution in [3.8, 4) is 0 Å². The van der Waals surface area contributed by atoms with Crippen LogP contribution >= 0.6 is 0 Å². The van der Waals surface area contributed by atoms with Gasteiger partial charge in [0.1, 0.15) is 17.7 Å². The Morgan fingerprint density at radius 1 is 1.35 bits per heavy atom. The first-order valence-electron chi connectivity index (χ1n) is 5.54. The van der Waals surface area contributed by atoms with Gasteiger partial charge in [-0.3, -0.25) is 0 Å². The van der Waals surface area contributed by atoms with Gasteiger partial charge in [-0.15, -0.1) is 0 Å². The van der Waals surface area contributed by atoms with E-state index in [2.05, 4.69) is 5.32 Å². The largest absolute Gasteiger partial charge is 0.376 e. The number of nitrogens with one attached hydrogen (secondary N) is 1. The summed E-state index contributed by atoms with van der Waals surface area (Å²) in [6, 6.07) is 3.22. The van der Waals surface area contributed by atoms with Crippen molar-refractivity contribution in [2.24, 2.45) is 0 Å². The summed E-state index contributed by atoms with van der Waals surface area (Å²) >= 11 is 0. The van der Waals surface area contributed by atoms with Gasteiger partial charge in [-0.25, -0.2) is 8.78 Å². The zero-order valence-corrected chi connectivity index (χ0v) is 9.58. The predicted molar refractivity (Wildman–Crippen MR) is 58.7 cm³/mol. The van der Waals surface area contributed by atoms with E-state index in [-0.39, 0.29) is 12.1 Å². The third kappa shape index (κ3) is 2.80. The Labute approximate surface area is 98.7 Å². The van der Waals surface area contributed by atoms with E-state index in [1.54, 1.807) is 7.05 Å². The lowest BCUT2D eigenvalue weighted by molar-refractivity contribution is -0.102. The van der Waals surface area contributed by atoms with E-state index in [4.69, 9.17) is 9.47 Å². The topological polar surface area (TPSA) is 30.5 Å². The number of rotatable bonds is 3. The molecule has 1 aliphatic heterocycles. The van der Waals surface area contributed by atoms with Crippen molar-refractivity contribution in [3.05, 3.63) is 35.4 Å². The lowest BCUT2D eigenvalue weighted by atomic mass is 10.0. The summed E-state index contributed by atoms with van der Waals surface area (Å²) in [5.41, 5.74) is 0.393. The SMILES string of the molecule is CNC(c1ccc(F)cc1F)C1COCCO1. The van der Waals surface area contributed by atoms with E-state index >= 15 is 0 Å². The number of halogens is 2. The minimum Gasteiger partial charge on any atom is -0.376 e. The molecule has 0 bridgehead atoms. The molecule has 0 amide bonds. The van der Waals surface area contributed by atoms with Gasteiger partial charge in [0.25, 0.3) is 0 Å². The Balaban J connectivity index is 2.21. The van der Waals surface area contributed by atoms with Gasteiger partial charge in [-0.05, 0) is 13.1 Å². The molecule has 17 heavy (non-hydrogen) atoms. The molecule has 0 spiro atoms. The summed E-state index contributed by atoms with van der Waals surface area (Å²) < 4.78 is 37.3. The van der Waals surface area contributed by atoms with Crippen LogP contribution in [-0.4, -0.2) is 33.0 Å². The van der Waals surface area contributed by atoms with Crippen molar-refractivity contribution >= 4 is 0 Å². The van der Waals surface area contributed by atoms with Gasteiger partial charge in [0.2, 0.25) is 0 Å². The van der Waals surface area contributed by atoms with Crippen LogP contribution in [0.2, 0.25) is 0 Å². The fourth-order valence-corrected chi connectivity index (χ4v) is 1.99. The summed E-state index contributed by atoms with van der Waals surface area (Å²) in [6.07, 6.45) is -0.256. The van der Waals surface area contributed by atoms with Gasteiger partial charge in [0, 0.05) is 11.6 Å². The molecule has 0 aliphatic carbocycles. The van der Waals surface area contributed by atoms with Crippen LogP contribution in [0.5, 0.6) is 0 Å². The zero-order valence-electron chi connectivity index (χ0n) is 9.58. The van der Waals surface area contributed by atoms with E-state index in [0.29, 0.717) is 25.4 Å². The molecule has 94 valence electrons. The van der Waals surface area contributed by atoms with Gasteiger partial charge in [0.05, 0.1) is 25.9 Å². The van der Waals surface area contributed by atoms with Gasteiger partial charge in [0.15, 0.2) is 0 Å². The summed E-state index contributed by atoms with van der Waals surface area (Å²) in [4.78, 5) is 0. The molecule has 0 saturated carbocycles. The summed E-state index contributed by atoms with van der Waals surface area (Å²) in [5.74, 6) is -1.15. The maximum absolute atomic E-state index is 13.7. The number of benzene rings is 1. The molecule has 1 aliphatic rings. The molecule has 0 aromatic heterocycles. The van der Waals surface area contributed by atoms with Gasteiger partial charge >= 0.3 is 0 Å². The van der Waals surface area contributed by atoms with Crippen molar-refractivity contribution < 1.29 is 18.3 Å². The number of likely N-dealkylation sites (N-methyl/N-ethyl adjacent to an activating group) is 1. The molecular weight excluding hydrogens is 228 g/mol. The molecular formula is C12H15F2NO2. The predicted octanol–water partition coefficient (Wildman–Crippen LogP) is 1.64. The van der Waals surface area contributed by atoms with E-state index in [0.717, 1.165) is 6.07 Å². The molecule has 2 atom stereocenters. The minimum atomic E-state index is -0.582. The third-order valence-electron chi connectivity index (χ3n) is 2.82. The van der Waals surface area contributed by atoms with Crippen molar-refractivity contribution in [1.82, 2.24) is 5.32 Å². The van der Waals surface area contributed by atoms with Crippen LogP contribution in [-0.2, 0) is 9.47 Å². The second kappa shape index (κ2) is 5.53. The first-order chi connectivity index (χ1) is 8.22. The Morgan fingerprint density at radius 3 is 2.76 bits per heavy atom. The van der Waals surface area contributed by atoms with Gasteiger partial charge in [-0.2, -0.15) is 0 Å². The molecule has 3 nitrogen and oxygen atoms in total. The van der Waals surface area contributed by atoms with E-state index in [9.17, 15) is 8.78 Å². The molecule has 2 unspecified atom stereocenters. The quantitative estimate of drug-likeness (QED) is 0.875. The second-order valence-corrected chi connectivity index (χ2v) is 3.92. The third-order valence-corrected chi connectivity index (χ3v) is 2.82. The Kier molecular flexibility index (Phi) is 4.04. The van der Waals surface area contributed by atoms with Crippen LogP contribution in [0.15, 0.2) is 18.2 Å². The number of ether oxygens (including phenoxy) is 2. The van der Waals surface area contributed by atoms with Crippen LogP contribution < -0.4 is 5.32 Å². The molecule has 1 fully saturated rings. The fraction of sp³-hybridized carbons (Fsp3) is 0.500. The summed E-state index contributed by atoms with van der Waals surface area (Å²) in [7, 11) is 1.71. The number of hydrogen-bond donors (Lipinski definition) is 1. The summed E-state index contributed by atoms with van der Waals surface area (Å²) in [6.45, 7) is 1.45. The molecule has 1 saturated heterocycles. The van der Waals surface area contributed by atoms with Crippen molar-refractivity contribution in [2.45, 2.75) is 12.1 Å². The average molecular weight is 243 g/mol. The molecule has 1 aromatic rings. The van der Waals surface area contributed by atoms with Crippen molar-refractivity contribution in [2.75, 3.05) is 26.9 Å². The first-order valence-corrected chi connectivity index (χ1v) is 5.54. The molecule has 1 N–H and O–H groups in total. The maximum atomic E-state index is 13.7. The van der Waals surface area contributed by atoms with Crippen LogP contribution in [0.25, 0.3) is 0 Å². The average Bonchev–Trinajstić information content (AvgIpc) is 2.34. The molecule has 2 rings (SSSR count). The van der Waals surface area contributed by atoms with Crippen LogP contribution in [0.3, 0.4) is 0 Å². The highest BCUT2D eigenvalue weighted by Crippen LogP contribution is 2.24. The fourth-order valence-electron chi connectivity index (χ4n) is 1.99. The van der Waals surface area contributed by atoms with E-state index in [1.807, 2.05) is 0 Å². The molecule has 5 heteroatoms. The van der Waals surface area contributed by atoms with Crippen molar-refractivity contribution in [3.63, 3.8) is 0 Å². The summed E-state index contributed by atoms with van der Waals surface area (Å²) in [5, 5.41) is 2.98. The first kappa shape index (κ1) is 12.4. The molecule has 0 radical (unpaired) electrons. The normalized spacial score (nSPS) is 22.4. The Hall–Kier alpha value is -1.04. The van der Waals surface area contributed by atoms with Crippen LogP contribution in [0, 0.1) is 11.6 Å². The lowest BCUT2D eigenvalue weighted by Crippen LogP contribution is -2.39. The van der Waals surface area contributed by atoms with E-state index < -0.39 is 11.6 Å². The zero-order chi connectivity index (χ0) is 12.3. The molecule has 1 heterocycles. The Morgan fingerprint density at radius 2 is 2.18 bits per heavy atom. The lowest BCUT2D eigenvalue weighted by Gasteiger charge is -2.30. The molecule has 1 aromatic carbocycles. The number of hydrogen-bond acceptors (Lipinski definition) is 3. The standard InChI is InChI=1S/C12H15F2NO2/c1-15-12(11-7-16-4-5-17-11)9-3-2-8(13)6-10(9)14/h2-3,6,11-12,15H,4-5,7H2,1H3. The highest BCUT2D eigenvalue weighted by Gasteiger charge is 2.27. The van der Waals surface area contributed by atoms with E-state index in [1.165, 1.54) is 12.1 Å². The van der Waals surface area contributed by atoms with Crippen LogP contribution in [0.1, 0.15) is 11.6 Å². The second-order valence-electron chi connectivity index (χ2n) is 3.92. The highest BCUT2D eigenvalue weighted by molar-refractivity contribution is 5.23. The van der Waals surface area contributed by atoms with Gasteiger partial charge in [-0.1, -0.05) is 6.07 Å². The smallest absolute Gasteiger partial charge is 0.130 e. The monoisotopic (exact) mass is 243 g/mol. The van der Waals surface area contributed by atoms with Crippen LogP contribution in [0.4, 0.5) is 8.78 Å². The Bertz CT molecular complexity index is 381. The van der Waals surface area contributed by atoms with Gasteiger partial charge < -0.3 is 14.8 Å². The minimum absolute atomic E-state index is 0.256. The maximum Gasteiger partial charge on any atom is 0.130 e. The van der Waals surface area contributed by atoms with Crippen molar-refractivity contribution in [1.29, 1.82) is 0 Å². The highest BCUT2D eigenvalue weighted by atomic mass is 19.1.